The fourth-order valence-electron chi connectivity index (χ4n) is 2.58. The van der Waals surface area contributed by atoms with E-state index in [0.29, 0.717) is 34.6 Å². The number of hydrogen-bond donors (Lipinski definition) is 0. The average molecular weight is 401 g/mol. The van der Waals surface area contributed by atoms with Gasteiger partial charge in [-0.1, -0.05) is 23.9 Å². The Morgan fingerprint density at radius 2 is 1.82 bits per heavy atom. The molecule has 0 bridgehead atoms. The molecule has 3 aromatic rings. The standard InChI is InChI=1S/C20H20FN3O3S/c1-3-24-19(12-27-18-7-5-4-6-17(18)26-2)22-23-20(24)28-13-16(25)14-8-10-15(21)11-9-14/h4-11H,3,12-13H2,1-2H3. The summed E-state index contributed by atoms with van der Waals surface area (Å²) in [7, 11) is 1.59. The van der Waals surface area contributed by atoms with E-state index in [-0.39, 0.29) is 24.0 Å². The summed E-state index contributed by atoms with van der Waals surface area (Å²) in [5.41, 5.74) is 0.469. The lowest BCUT2D eigenvalue weighted by Gasteiger charge is -2.11. The van der Waals surface area contributed by atoms with Crippen molar-refractivity contribution in [1.29, 1.82) is 0 Å². The molecule has 0 N–H and O–H groups in total. The lowest BCUT2D eigenvalue weighted by atomic mass is 10.1. The Morgan fingerprint density at radius 3 is 2.50 bits per heavy atom. The Morgan fingerprint density at radius 1 is 1.11 bits per heavy atom. The second-order valence-electron chi connectivity index (χ2n) is 5.80. The average Bonchev–Trinajstić information content (AvgIpc) is 3.13. The monoisotopic (exact) mass is 401 g/mol. The summed E-state index contributed by atoms with van der Waals surface area (Å²) in [5.74, 6) is 1.65. The fourth-order valence-corrected chi connectivity index (χ4v) is 3.50. The van der Waals surface area contributed by atoms with Gasteiger partial charge in [0.15, 0.2) is 28.3 Å². The van der Waals surface area contributed by atoms with Gasteiger partial charge in [-0.15, -0.1) is 10.2 Å². The second-order valence-corrected chi connectivity index (χ2v) is 6.74. The number of ketones is 1. The number of hydrogen-bond acceptors (Lipinski definition) is 6. The molecule has 0 spiro atoms. The van der Waals surface area contributed by atoms with Crippen molar-refractivity contribution in [2.45, 2.75) is 25.2 Å². The van der Waals surface area contributed by atoms with Crippen molar-refractivity contribution in [3.8, 4) is 11.5 Å². The minimum absolute atomic E-state index is 0.0949. The van der Waals surface area contributed by atoms with Crippen LogP contribution in [0, 0.1) is 5.82 Å². The van der Waals surface area contributed by atoms with Gasteiger partial charge in [-0.25, -0.2) is 4.39 Å². The van der Waals surface area contributed by atoms with Gasteiger partial charge >= 0.3 is 0 Å². The molecule has 1 heterocycles. The number of benzene rings is 2. The van der Waals surface area contributed by atoms with Crippen molar-refractivity contribution < 1.29 is 18.7 Å². The number of methoxy groups -OCH3 is 1. The number of para-hydroxylation sites is 2. The molecule has 0 aliphatic heterocycles. The molecule has 0 aliphatic carbocycles. The first-order valence-electron chi connectivity index (χ1n) is 8.71. The van der Waals surface area contributed by atoms with Gasteiger partial charge in [-0.3, -0.25) is 4.79 Å². The van der Waals surface area contributed by atoms with Crippen molar-refractivity contribution >= 4 is 17.5 Å². The number of ether oxygens (including phenoxy) is 2. The van der Waals surface area contributed by atoms with Crippen LogP contribution in [0.4, 0.5) is 4.39 Å². The van der Waals surface area contributed by atoms with Crippen LogP contribution in [0.15, 0.2) is 53.7 Å². The quantitative estimate of drug-likeness (QED) is 0.399. The van der Waals surface area contributed by atoms with Crippen LogP contribution < -0.4 is 9.47 Å². The molecule has 0 saturated heterocycles. The number of thioether (sulfide) groups is 1. The predicted molar refractivity (Wildman–Crippen MR) is 104 cm³/mol. The second kappa shape index (κ2) is 9.36. The SMILES string of the molecule is CCn1c(COc2ccccc2OC)nnc1SCC(=O)c1ccc(F)cc1. The number of carbonyl (C=O) groups excluding carboxylic acids is 1. The van der Waals surface area contributed by atoms with Crippen LogP contribution in [0.1, 0.15) is 23.1 Å². The summed E-state index contributed by atoms with van der Waals surface area (Å²) in [4.78, 5) is 12.3. The number of nitrogens with zero attached hydrogens (tertiary/aromatic N) is 3. The van der Waals surface area contributed by atoms with Gasteiger partial charge in [0.05, 0.1) is 12.9 Å². The summed E-state index contributed by atoms with van der Waals surface area (Å²) in [6, 6.07) is 12.9. The zero-order chi connectivity index (χ0) is 19.9. The maximum Gasteiger partial charge on any atom is 0.191 e. The zero-order valence-corrected chi connectivity index (χ0v) is 16.4. The zero-order valence-electron chi connectivity index (χ0n) is 15.6. The van der Waals surface area contributed by atoms with E-state index in [2.05, 4.69) is 10.2 Å². The van der Waals surface area contributed by atoms with Crippen LogP contribution in [0.25, 0.3) is 0 Å². The highest BCUT2D eigenvalue weighted by Gasteiger charge is 2.15. The third kappa shape index (κ3) is 4.69. The Bertz CT molecular complexity index is 944. The predicted octanol–water partition coefficient (Wildman–Crippen LogP) is 4.00. The molecule has 0 saturated carbocycles. The minimum Gasteiger partial charge on any atom is -0.493 e. The van der Waals surface area contributed by atoms with E-state index in [4.69, 9.17) is 9.47 Å². The summed E-state index contributed by atoms with van der Waals surface area (Å²) < 4.78 is 26.0. The van der Waals surface area contributed by atoms with E-state index in [1.165, 1.54) is 36.0 Å². The number of rotatable bonds is 9. The molecule has 0 amide bonds. The Kier molecular flexibility index (Phi) is 6.65. The Balaban J connectivity index is 1.64. The molecule has 8 heteroatoms. The lowest BCUT2D eigenvalue weighted by molar-refractivity contribution is 0.102. The first-order valence-corrected chi connectivity index (χ1v) is 9.70. The molecule has 0 unspecified atom stereocenters. The molecule has 0 radical (unpaired) electrons. The maximum absolute atomic E-state index is 13.0. The smallest absolute Gasteiger partial charge is 0.191 e. The fraction of sp³-hybridized carbons (Fsp3) is 0.250. The van der Waals surface area contributed by atoms with E-state index in [0.717, 1.165) is 0 Å². The van der Waals surface area contributed by atoms with E-state index >= 15 is 0 Å². The topological polar surface area (TPSA) is 66.2 Å². The van der Waals surface area contributed by atoms with E-state index < -0.39 is 0 Å². The van der Waals surface area contributed by atoms with Crippen LogP contribution in [0.3, 0.4) is 0 Å². The maximum atomic E-state index is 13.0. The third-order valence-corrected chi connectivity index (χ3v) is 5.00. The van der Waals surface area contributed by atoms with Crippen molar-refractivity contribution in [3.05, 3.63) is 65.7 Å². The van der Waals surface area contributed by atoms with Gasteiger partial charge in [0.25, 0.3) is 0 Å². The first-order chi connectivity index (χ1) is 13.6. The van der Waals surface area contributed by atoms with Gasteiger partial charge in [-0.2, -0.15) is 0 Å². The van der Waals surface area contributed by atoms with Crippen molar-refractivity contribution in [3.63, 3.8) is 0 Å². The number of aromatic nitrogens is 3. The van der Waals surface area contributed by atoms with Crippen LogP contribution in [-0.4, -0.2) is 33.4 Å². The van der Waals surface area contributed by atoms with Crippen LogP contribution in [0.2, 0.25) is 0 Å². The molecule has 146 valence electrons. The van der Waals surface area contributed by atoms with E-state index in [1.54, 1.807) is 7.11 Å². The molecular formula is C20H20FN3O3S. The van der Waals surface area contributed by atoms with Crippen LogP contribution in [-0.2, 0) is 13.2 Å². The van der Waals surface area contributed by atoms with E-state index in [9.17, 15) is 9.18 Å². The molecule has 0 aliphatic rings. The van der Waals surface area contributed by atoms with Crippen LogP contribution >= 0.6 is 11.8 Å². The molecule has 2 aromatic carbocycles. The van der Waals surface area contributed by atoms with Gasteiger partial charge in [0, 0.05) is 12.1 Å². The van der Waals surface area contributed by atoms with Crippen molar-refractivity contribution in [1.82, 2.24) is 14.8 Å². The minimum atomic E-state index is -0.366. The molecule has 6 nitrogen and oxygen atoms in total. The van der Waals surface area contributed by atoms with Gasteiger partial charge in [0.2, 0.25) is 0 Å². The molecule has 0 atom stereocenters. The molecule has 1 aromatic heterocycles. The Labute approximate surface area is 166 Å². The lowest BCUT2D eigenvalue weighted by Crippen LogP contribution is -2.08. The Hall–Kier alpha value is -2.87. The van der Waals surface area contributed by atoms with Crippen molar-refractivity contribution in [2.75, 3.05) is 12.9 Å². The first kappa shape index (κ1) is 19.9. The van der Waals surface area contributed by atoms with Gasteiger partial charge in [-0.05, 0) is 43.3 Å². The van der Waals surface area contributed by atoms with Crippen molar-refractivity contribution in [2.24, 2.45) is 0 Å². The largest absolute Gasteiger partial charge is 0.493 e. The normalized spacial score (nSPS) is 10.7. The molecular weight excluding hydrogens is 381 g/mol. The highest BCUT2D eigenvalue weighted by atomic mass is 32.2. The summed E-state index contributed by atoms with van der Waals surface area (Å²) in [5, 5.41) is 9.00. The highest BCUT2D eigenvalue weighted by molar-refractivity contribution is 7.99. The summed E-state index contributed by atoms with van der Waals surface area (Å²) in [6.07, 6.45) is 0. The molecule has 0 fully saturated rings. The number of carbonyl (C=O) groups is 1. The van der Waals surface area contributed by atoms with Gasteiger partial charge < -0.3 is 14.0 Å². The number of Topliss-reactive ketones (excluding diaryl/α,β-unsaturated/α-hetero) is 1. The van der Waals surface area contributed by atoms with E-state index in [1.807, 2.05) is 35.8 Å². The summed E-state index contributed by atoms with van der Waals surface area (Å²) in [6.45, 7) is 2.85. The molecule has 28 heavy (non-hydrogen) atoms. The third-order valence-electron chi connectivity index (χ3n) is 4.03. The number of halogens is 1. The molecule has 3 rings (SSSR count). The summed E-state index contributed by atoms with van der Waals surface area (Å²) >= 11 is 1.29. The highest BCUT2D eigenvalue weighted by Crippen LogP contribution is 2.27. The van der Waals surface area contributed by atoms with Crippen LogP contribution in [0.5, 0.6) is 11.5 Å². The van der Waals surface area contributed by atoms with Gasteiger partial charge in [0.1, 0.15) is 12.4 Å².